The first-order valence-corrected chi connectivity index (χ1v) is 14.4. The number of phenols is 1. The van der Waals surface area contributed by atoms with Gasteiger partial charge >= 0.3 is 57.4 Å². The number of thioether (sulfide) groups is 2. The number of amides is 3. The van der Waals surface area contributed by atoms with E-state index in [0.717, 1.165) is 4.90 Å². The van der Waals surface area contributed by atoms with Gasteiger partial charge in [-0.25, -0.2) is 9.48 Å². The van der Waals surface area contributed by atoms with E-state index in [1.54, 1.807) is 14.0 Å². The van der Waals surface area contributed by atoms with E-state index in [0.29, 0.717) is 16.4 Å². The van der Waals surface area contributed by atoms with Crippen LogP contribution in [0.5, 0.6) is 5.75 Å². The molecule has 2 aliphatic rings. The molecule has 3 atom stereocenters. The van der Waals surface area contributed by atoms with Crippen molar-refractivity contribution in [1.29, 1.82) is 0 Å². The van der Waals surface area contributed by atoms with Crippen LogP contribution in [-0.2, 0) is 21.4 Å². The summed E-state index contributed by atoms with van der Waals surface area (Å²) < 4.78 is 1.45. The van der Waals surface area contributed by atoms with Crippen molar-refractivity contribution in [2.24, 2.45) is 7.05 Å². The maximum absolute atomic E-state index is 13.5. The number of carbonyl (C=O) groups is 4. The molecule has 2 aliphatic heterocycles. The SMILES string of the molecule is Cc1cc(=O)c(C(=O)NC(C(=O)N[C@@H]2C(=O)N3C(C(=O)O)=C(CSc4nnnn4C)CS[C@H]23)c2ccc(O)cc2)c[nH]1.[H-].[K+]. The summed E-state index contributed by atoms with van der Waals surface area (Å²) >= 11 is 2.52. The third-order valence-electron chi connectivity index (χ3n) is 6.57. The number of pyridine rings is 1. The van der Waals surface area contributed by atoms with Gasteiger partial charge in [-0.2, -0.15) is 0 Å². The molecule has 1 aromatic carbocycles. The summed E-state index contributed by atoms with van der Waals surface area (Å²) in [5, 5.41) is 35.8. The van der Waals surface area contributed by atoms with Crippen LogP contribution < -0.4 is 67.4 Å². The van der Waals surface area contributed by atoms with Crippen molar-refractivity contribution < 1.29 is 82.2 Å². The van der Waals surface area contributed by atoms with Crippen LogP contribution in [0, 0.1) is 6.92 Å². The number of aromatic hydroxyl groups is 1. The Morgan fingerprint density at radius 2 is 1.98 bits per heavy atom. The van der Waals surface area contributed by atoms with Gasteiger partial charge in [0.25, 0.3) is 11.8 Å². The zero-order valence-electron chi connectivity index (χ0n) is 24.1. The number of β-lactam (4-membered cyclic amide) rings is 1. The van der Waals surface area contributed by atoms with Crippen molar-refractivity contribution >= 4 is 47.2 Å². The number of nitrogens with one attached hydrogen (secondary N) is 3. The van der Waals surface area contributed by atoms with Gasteiger partial charge < -0.3 is 27.3 Å². The largest absolute Gasteiger partial charge is 1.00 e. The predicted octanol–water partition coefficient (Wildman–Crippen LogP) is -2.97. The Morgan fingerprint density at radius 3 is 2.60 bits per heavy atom. The van der Waals surface area contributed by atoms with E-state index in [-0.39, 0.29) is 86.9 Å². The first-order valence-electron chi connectivity index (χ1n) is 12.4. The number of aryl methyl sites for hydroxylation is 2. The summed E-state index contributed by atoms with van der Waals surface area (Å²) in [5.41, 5.74) is 0.417. The Labute approximate surface area is 296 Å². The second-order valence-electron chi connectivity index (χ2n) is 9.42. The Hall–Kier alpha value is -3.00. The van der Waals surface area contributed by atoms with Gasteiger partial charge in [-0.3, -0.25) is 24.1 Å². The molecule has 5 N–H and O–H groups in total. The standard InChI is InChI=1S/C25H24N8O7S2.K.H/c1-11-7-16(35)15(8-26-11)20(36)27-17(12-3-5-14(34)6-4-12)21(37)28-18-22(38)33-19(24(39)40)13(9-41-23(18)33)10-42-25-29-30-31-32(25)2;;/h3-8,17-18,23,34H,9-10H2,1-2H3,(H,26,35)(H,27,36)(H,28,37)(H,39,40);;/q;+1;-1/t17?,18-,23-;;/m1../s1. The van der Waals surface area contributed by atoms with Crippen LogP contribution in [0.1, 0.15) is 29.1 Å². The molecule has 0 spiro atoms. The zero-order chi connectivity index (χ0) is 30.1. The molecule has 220 valence electrons. The smallest absolute Gasteiger partial charge is 1.00 e. The molecule has 3 amide bonds. The molecule has 1 unspecified atom stereocenters. The summed E-state index contributed by atoms with van der Waals surface area (Å²) in [6.45, 7) is 1.65. The summed E-state index contributed by atoms with van der Waals surface area (Å²) in [5.74, 6) is -3.02. The molecule has 0 radical (unpaired) electrons. The number of carboxylic acid groups (broad SMARTS) is 1. The van der Waals surface area contributed by atoms with Crippen LogP contribution in [0.4, 0.5) is 0 Å². The molecule has 0 aliphatic carbocycles. The van der Waals surface area contributed by atoms with Crippen LogP contribution >= 0.6 is 23.5 Å². The Balaban J connectivity index is 0.00000264. The fourth-order valence-electron chi connectivity index (χ4n) is 4.45. The van der Waals surface area contributed by atoms with E-state index in [9.17, 15) is 34.2 Å². The second-order valence-corrected chi connectivity index (χ2v) is 11.5. The molecule has 2 aromatic heterocycles. The second kappa shape index (κ2) is 13.7. The van der Waals surface area contributed by atoms with Crippen LogP contribution in [0.15, 0.2) is 57.7 Å². The number of aliphatic carboxylic acids is 1. The minimum absolute atomic E-state index is 0. The van der Waals surface area contributed by atoms with Crippen molar-refractivity contribution in [3.63, 3.8) is 0 Å². The normalized spacial score (nSPS) is 18.2. The number of rotatable bonds is 9. The molecule has 3 aromatic rings. The average molecular weight is 653 g/mol. The molecular weight excluding hydrogens is 628 g/mol. The van der Waals surface area contributed by atoms with E-state index in [1.807, 2.05) is 0 Å². The first-order chi connectivity index (χ1) is 20.0. The molecule has 1 fully saturated rings. The molecule has 0 bridgehead atoms. The van der Waals surface area contributed by atoms with Gasteiger partial charge in [0, 0.05) is 36.5 Å². The molecular formula is C25H25KN8O7S2. The Bertz CT molecular complexity index is 1680. The van der Waals surface area contributed by atoms with Crippen LogP contribution in [0.25, 0.3) is 0 Å². The summed E-state index contributed by atoms with van der Waals surface area (Å²) in [4.78, 5) is 68.1. The maximum Gasteiger partial charge on any atom is 1.00 e. The topological polar surface area (TPSA) is 212 Å². The number of tetrazole rings is 1. The van der Waals surface area contributed by atoms with E-state index in [1.165, 1.54) is 64.7 Å². The summed E-state index contributed by atoms with van der Waals surface area (Å²) in [6, 6.07) is 4.35. The fraction of sp³-hybridized carbons (Fsp3) is 0.280. The quantitative estimate of drug-likeness (QED) is 0.0891. The Kier molecular flexibility index (Phi) is 10.5. The number of fused-ring (bicyclic) bond motifs is 1. The number of nitrogens with zero attached hydrogens (tertiary/aromatic N) is 5. The van der Waals surface area contributed by atoms with Gasteiger partial charge in [0.2, 0.25) is 11.1 Å². The van der Waals surface area contributed by atoms with Gasteiger partial charge in [0.1, 0.15) is 34.5 Å². The van der Waals surface area contributed by atoms with Gasteiger partial charge in [-0.05, 0) is 40.6 Å². The number of H-pyrrole nitrogens is 1. The summed E-state index contributed by atoms with van der Waals surface area (Å²) in [6.07, 6.45) is 1.24. The van der Waals surface area contributed by atoms with Crippen molar-refractivity contribution in [2.45, 2.75) is 29.5 Å². The number of benzene rings is 1. The van der Waals surface area contributed by atoms with Crippen LogP contribution in [-0.4, -0.2) is 86.9 Å². The van der Waals surface area contributed by atoms with Crippen molar-refractivity contribution in [3.8, 4) is 5.75 Å². The molecule has 15 nitrogen and oxygen atoms in total. The third-order valence-corrected chi connectivity index (χ3v) is 9.01. The molecule has 0 saturated carbocycles. The van der Waals surface area contributed by atoms with Gasteiger partial charge in [0.15, 0.2) is 5.43 Å². The van der Waals surface area contributed by atoms with Crippen LogP contribution in [0.2, 0.25) is 0 Å². The molecule has 5 rings (SSSR count). The predicted molar refractivity (Wildman–Crippen MR) is 150 cm³/mol. The Morgan fingerprint density at radius 1 is 1.26 bits per heavy atom. The van der Waals surface area contributed by atoms with Gasteiger partial charge in [0.05, 0.1) is 0 Å². The number of carboxylic acids is 1. The summed E-state index contributed by atoms with van der Waals surface area (Å²) in [7, 11) is 1.65. The van der Waals surface area contributed by atoms with E-state index in [4.69, 9.17) is 0 Å². The molecule has 18 heteroatoms. The number of aromatic amines is 1. The number of carbonyl (C=O) groups excluding carboxylic acids is 3. The van der Waals surface area contributed by atoms with Crippen LogP contribution in [0.3, 0.4) is 0 Å². The number of hydrogen-bond acceptors (Lipinski definition) is 11. The monoisotopic (exact) mass is 652 g/mol. The third kappa shape index (κ3) is 6.89. The number of hydrogen-bond donors (Lipinski definition) is 5. The zero-order valence-corrected chi connectivity index (χ0v) is 27.9. The van der Waals surface area contributed by atoms with E-state index in [2.05, 4.69) is 31.1 Å². The van der Waals surface area contributed by atoms with Gasteiger partial charge in [-0.1, -0.05) is 23.9 Å². The maximum atomic E-state index is 13.5. The molecule has 1 saturated heterocycles. The van der Waals surface area contributed by atoms with Gasteiger partial charge in [-0.15, -0.1) is 16.9 Å². The van der Waals surface area contributed by atoms with Crippen molar-refractivity contribution in [1.82, 2.24) is 40.7 Å². The molecule has 4 heterocycles. The van der Waals surface area contributed by atoms with Crippen molar-refractivity contribution in [3.05, 3.63) is 74.8 Å². The first kappa shape index (κ1) is 32.9. The fourth-order valence-corrected chi connectivity index (χ4v) is 6.79. The minimum Gasteiger partial charge on any atom is -1.00 e. The minimum atomic E-state index is -1.34. The number of aromatic nitrogens is 5. The average Bonchev–Trinajstić information content (AvgIpc) is 3.37. The van der Waals surface area contributed by atoms with E-state index < -0.39 is 46.6 Å². The number of phenolic OH excluding ortho intramolecular Hbond substituents is 1. The molecule has 43 heavy (non-hydrogen) atoms. The van der Waals surface area contributed by atoms with Crippen molar-refractivity contribution in [2.75, 3.05) is 11.5 Å². The van der Waals surface area contributed by atoms with E-state index >= 15 is 0 Å².